The molecule has 1 heterocycles. The van der Waals surface area contributed by atoms with Gasteiger partial charge in [0.05, 0.1) is 12.4 Å². The van der Waals surface area contributed by atoms with Crippen LogP contribution in [-0.4, -0.2) is 33.0 Å². The molecule has 0 fully saturated rings. The number of amides is 1. The molecule has 0 unspecified atom stereocenters. The minimum Gasteiger partial charge on any atom is -0.494 e. The minimum absolute atomic E-state index is 0.0747. The Labute approximate surface area is 169 Å². The van der Waals surface area contributed by atoms with Crippen molar-refractivity contribution < 1.29 is 9.53 Å². The van der Waals surface area contributed by atoms with E-state index in [9.17, 15) is 4.79 Å². The average molecular weight is 397 g/mol. The highest BCUT2D eigenvalue weighted by molar-refractivity contribution is 7.99. The predicted octanol–water partition coefficient (Wildman–Crippen LogP) is 4.39. The third-order valence-electron chi connectivity index (χ3n) is 4.10. The van der Waals surface area contributed by atoms with Crippen molar-refractivity contribution in [1.29, 1.82) is 0 Å². The second kappa shape index (κ2) is 9.94. The van der Waals surface area contributed by atoms with Crippen molar-refractivity contribution in [3.05, 3.63) is 54.6 Å². The first kappa shape index (κ1) is 19.9. The van der Waals surface area contributed by atoms with E-state index in [4.69, 9.17) is 4.74 Å². The second-order valence-corrected chi connectivity index (χ2v) is 7.24. The molecule has 146 valence electrons. The number of carbonyl (C=O) groups excluding carboxylic acids is 1. The van der Waals surface area contributed by atoms with Crippen LogP contribution in [0.25, 0.3) is 11.4 Å². The van der Waals surface area contributed by atoms with Crippen LogP contribution in [0.3, 0.4) is 0 Å². The highest BCUT2D eigenvalue weighted by Crippen LogP contribution is 2.24. The first-order chi connectivity index (χ1) is 13.7. The Hall–Kier alpha value is -2.80. The molecule has 3 aromatic rings. The number of hydrogen-bond donors (Lipinski definition) is 1. The van der Waals surface area contributed by atoms with Crippen LogP contribution in [0.5, 0.6) is 5.75 Å². The maximum absolute atomic E-state index is 12.1. The summed E-state index contributed by atoms with van der Waals surface area (Å²) in [6.45, 7) is 2.87. The Morgan fingerprint density at radius 2 is 1.86 bits per heavy atom. The van der Waals surface area contributed by atoms with E-state index < -0.39 is 0 Å². The summed E-state index contributed by atoms with van der Waals surface area (Å²) < 4.78 is 7.59. The lowest BCUT2D eigenvalue weighted by molar-refractivity contribution is -0.113. The molecule has 28 heavy (non-hydrogen) atoms. The van der Waals surface area contributed by atoms with Gasteiger partial charge < -0.3 is 14.6 Å². The van der Waals surface area contributed by atoms with Gasteiger partial charge in [0.2, 0.25) is 5.91 Å². The maximum Gasteiger partial charge on any atom is 0.234 e. The van der Waals surface area contributed by atoms with E-state index >= 15 is 0 Å². The lowest BCUT2D eigenvalue weighted by atomic mass is 10.2. The molecule has 0 atom stereocenters. The number of thioether (sulfide) groups is 1. The maximum atomic E-state index is 12.1. The van der Waals surface area contributed by atoms with Crippen molar-refractivity contribution in [3.8, 4) is 17.1 Å². The highest BCUT2D eigenvalue weighted by atomic mass is 32.2. The van der Waals surface area contributed by atoms with Gasteiger partial charge in [-0.3, -0.25) is 4.79 Å². The van der Waals surface area contributed by atoms with Crippen molar-refractivity contribution >= 4 is 23.4 Å². The lowest BCUT2D eigenvalue weighted by Gasteiger charge is -2.07. The van der Waals surface area contributed by atoms with Crippen molar-refractivity contribution in [1.82, 2.24) is 14.8 Å². The quantitative estimate of drug-likeness (QED) is 0.429. The van der Waals surface area contributed by atoms with Crippen molar-refractivity contribution in [2.45, 2.75) is 24.9 Å². The molecule has 0 aliphatic heterocycles. The van der Waals surface area contributed by atoms with Crippen LogP contribution in [0.4, 0.5) is 5.69 Å². The Morgan fingerprint density at radius 3 is 2.57 bits per heavy atom. The number of benzene rings is 2. The fraction of sp³-hybridized carbons (Fsp3) is 0.286. The molecule has 1 aromatic heterocycles. The average Bonchev–Trinajstić information content (AvgIpc) is 3.08. The lowest BCUT2D eigenvalue weighted by Crippen LogP contribution is -2.14. The Bertz CT molecular complexity index is 895. The number of para-hydroxylation sites is 1. The summed E-state index contributed by atoms with van der Waals surface area (Å²) in [6.07, 6.45) is 2.16. The van der Waals surface area contributed by atoms with E-state index in [1.165, 1.54) is 11.8 Å². The molecule has 2 aromatic carbocycles. The number of unbranched alkanes of at least 4 members (excludes halogenated alkanes) is 1. The van der Waals surface area contributed by atoms with Gasteiger partial charge >= 0.3 is 0 Å². The topological polar surface area (TPSA) is 69.0 Å². The summed E-state index contributed by atoms with van der Waals surface area (Å²) in [5.74, 6) is 1.80. The first-order valence-corrected chi connectivity index (χ1v) is 10.3. The fourth-order valence-corrected chi connectivity index (χ4v) is 3.29. The van der Waals surface area contributed by atoms with Crippen molar-refractivity contribution in [2.24, 2.45) is 7.05 Å². The number of nitrogens with zero attached hydrogens (tertiary/aromatic N) is 3. The van der Waals surface area contributed by atoms with Crippen molar-refractivity contribution in [3.63, 3.8) is 0 Å². The normalized spacial score (nSPS) is 10.6. The van der Waals surface area contributed by atoms with Crippen molar-refractivity contribution in [2.75, 3.05) is 17.7 Å². The summed E-state index contributed by atoms with van der Waals surface area (Å²) >= 11 is 1.36. The van der Waals surface area contributed by atoms with Crippen LogP contribution in [0.15, 0.2) is 59.8 Å². The molecule has 0 saturated carbocycles. The SMILES string of the molecule is CCCCOc1ccc(-c2nnc(SCC(=O)Nc3ccccc3)n2C)cc1. The second-order valence-electron chi connectivity index (χ2n) is 6.29. The molecule has 1 N–H and O–H groups in total. The molecular formula is C21H24N4O2S. The highest BCUT2D eigenvalue weighted by Gasteiger charge is 2.13. The van der Waals surface area contributed by atoms with Gasteiger partial charge in [-0.1, -0.05) is 43.3 Å². The van der Waals surface area contributed by atoms with E-state index in [1.54, 1.807) is 0 Å². The molecule has 0 radical (unpaired) electrons. The number of rotatable bonds is 9. The number of nitrogens with one attached hydrogen (secondary N) is 1. The van der Waals surface area contributed by atoms with Gasteiger partial charge in [0.1, 0.15) is 5.75 Å². The molecule has 0 aliphatic carbocycles. The smallest absolute Gasteiger partial charge is 0.234 e. The largest absolute Gasteiger partial charge is 0.494 e. The van der Waals surface area contributed by atoms with Crippen LogP contribution in [0.1, 0.15) is 19.8 Å². The predicted molar refractivity (Wildman–Crippen MR) is 113 cm³/mol. The molecule has 3 rings (SSSR count). The summed E-state index contributed by atoms with van der Waals surface area (Å²) in [5, 5.41) is 12.1. The Kier molecular flexibility index (Phi) is 7.08. The molecule has 6 nitrogen and oxygen atoms in total. The van der Waals surface area contributed by atoms with Crippen LogP contribution in [0.2, 0.25) is 0 Å². The van der Waals surface area contributed by atoms with Gasteiger partial charge in [0.25, 0.3) is 0 Å². The van der Waals surface area contributed by atoms with Crippen LogP contribution in [-0.2, 0) is 11.8 Å². The molecule has 0 spiro atoms. The summed E-state index contributed by atoms with van der Waals surface area (Å²) in [5.41, 5.74) is 1.74. The zero-order chi connectivity index (χ0) is 19.8. The number of anilines is 1. The third-order valence-corrected chi connectivity index (χ3v) is 5.12. The summed E-state index contributed by atoms with van der Waals surface area (Å²) in [4.78, 5) is 12.1. The van der Waals surface area contributed by atoms with E-state index in [0.717, 1.165) is 42.3 Å². The number of aromatic nitrogens is 3. The first-order valence-electron chi connectivity index (χ1n) is 9.27. The summed E-state index contributed by atoms with van der Waals surface area (Å²) in [7, 11) is 1.90. The number of hydrogen-bond acceptors (Lipinski definition) is 5. The van der Waals surface area contributed by atoms with E-state index in [0.29, 0.717) is 5.16 Å². The number of ether oxygens (including phenoxy) is 1. The Balaban J connectivity index is 1.58. The number of carbonyl (C=O) groups is 1. The Morgan fingerprint density at radius 1 is 1.11 bits per heavy atom. The molecule has 7 heteroatoms. The van der Waals surface area contributed by atoms with Gasteiger partial charge in [-0.2, -0.15) is 0 Å². The van der Waals surface area contributed by atoms with Gasteiger partial charge in [-0.15, -0.1) is 10.2 Å². The molecule has 0 aliphatic rings. The third kappa shape index (κ3) is 5.36. The van der Waals surface area contributed by atoms with Gasteiger partial charge in [0, 0.05) is 18.3 Å². The van der Waals surface area contributed by atoms with E-state index in [1.807, 2.05) is 66.2 Å². The van der Waals surface area contributed by atoms with Crippen LogP contribution < -0.4 is 10.1 Å². The van der Waals surface area contributed by atoms with E-state index in [-0.39, 0.29) is 11.7 Å². The van der Waals surface area contributed by atoms with Gasteiger partial charge in [0.15, 0.2) is 11.0 Å². The molecule has 0 saturated heterocycles. The van der Waals surface area contributed by atoms with Gasteiger partial charge in [-0.25, -0.2) is 0 Å². The fourth-order valence-electron chi connectivity index (χ4n) is 2.58. The summed E-state index contributed by atoms with van der Waals surface area (Å²) in [6, 6.07) is 17.2. The minimum atomic E-state index is -0.0747. The monoisotopic (exact) mass is 396 g/mol. The zero-order valence-corrected chi connectivity index (χ0v) is 16.9. The molecule has 1 amide bonds. The van der Waals surface area contributed by atoms with Gasteiger partial charge in [-0.05, 0) is 42.8 Å². The van der Waals surface area contributed by atoms with Crippen LogP contribution in [0, 0.1) is 0 Å². The van der Waals surface area contributed by atoms with Crippen LogP contribution >= 0.6 is 11.8 Å². The standard InChI is InChI=1S/C21H24N4O2S/c1-3-4-14-27-18-12-10-16(11-13-18)20-23-24-21(25(20)2)28-15-19(26)22-17-8-6-5-7-9-17/h5-13H,3-4,14-15H2,1-2H3,(H,22,26). The zero-order valence-electron chi connectivity index (χ0n) is 16.1. The van der Waals surface area contributed by atoms with E-state index in [2.05, 4.69) is 22.4 Å². The molecular weight excluding hydrogens is 372 g/mol. The molecule has 0 bridgehead atoms.